The average molecular weight is 530 g/mol. The number of halogens is 2. The summed E-state index contributed by atoms with van der Waals surface area (Å²) in [6.45, 7) is 7.57. The molecule has 0 spiro atoms. The Hall–Kier alpha value is -2.95. The van der Waals surface area contributed by atoms with Crippen LogP contribution in [0.15, 0.2) is 28.8 Å². The first-order valence-electron chi connectivity index (χ1n) is 13.1. The molecule has 3 aromatic rings. The highest BCUT2D eigenvalue weighted by molar-refractivity contribution is 5.71. The summed E-state index contributed by atoms with van der Waals surface area (Å²) in [6.07, 6.45) is -0.479. The molecule has 0 radical (unpaired) electrons. The van der Waals surface area contributed by atoms with Crippen molar-refractivity contribution >= 4 is 0 Å². The van der Waals surface area contributed by atoms with Gasteiger partial charge in [0.1, 0.15) is 24.2 Å². The maximum absolute atomic E-state index is 12.8. The second-order valence-electron chi connectivity index (χ2n) is 10.1. The predicted molar refractivity (Wildman–Crippen MR) is 141 cm³/mol. The van der Waals surface area contributed by atoms with E-state index in [1.165, 1.54) is 0 Å². The molecule has 3 heterocycles. The van der Waals surface area contributed by atoms with Gasteiger partial charge in [0.15, 0.2) is 5.82 Å². The maximum Gasteiger partial charge on any atom is 0.251 e. The molecular weight excluding hydrogens is 492 g/mol. The van der Waals surface area contributed by atoms with E-state index in [1.807, 2.05) is 49.9 Å². The van der Waals surface area contributed by atoms with Gasteiger partial charge >= 0.3 is 0 Å². The Morgan fingerprint density at radius 2 is 1.95 bits per heavy atom. The number of nitrogens with one attached hydrogen (secondary N) is 1. The van der Waals surface area contributed by atoms with Gasteiger partial charge in [0.25, 0.3) is 6.43 Å². The predicted octanol–water partition coefficient (Wildman–Crippen LogP) is 4.20. The second kappa shape index (κ2) is 12.7. The number of aromatic nitrogens is 3. The molecule has 1 aliphatic rings. The van der Waals surface area contributed by atoms with Gasteiger partial charge in [-0.05, 0) is 83.8 Å². The fraction of sp³-hybridized carbons (Fsp3) is 0.536. The molecule has 1 aromatic carbocycles. The zero-order chi connectivity index (χ0) is 27.2. The van der Waals surface area contributed by atoms with Gasteiger partial charge in [0.2, 0.25) is 0 Å². The van der Waals surface area contributed by atoms with E-state index in [1.54, 1.807) is 7.05 Å². The Kier molecular flexibility index (Phi) is 9.40. The van der Waals surface area contributed by atoms with Gasteiger partial charge in [-0.1, -0.05) is 17.3 Å². The van der Waals surface area contributed by atoms with Crippen LogP contribution in [0.1, 0.15) is 35.6 Å². The van der Waals surface area contributed by atoms with Crippen LogP contribution in [0.5, 0.6) is 5.75 Å². The number of ether oxygens (including phenoxy) is 1. The summed E-state index contributed by atoms with van der Waals surface area (Å²) in [5.41, 5.74) is 5.12. The van der Waals surface area contributed by atoms with Gasteiger partial charge in [-0.2, -0.15) is 0 Å². The lowest BCUT2D eigenvalue weighted by Gasteiger charge is -2.31. The lowest BCUT2D eigenvalue weighted by Crippen LogP contribution is -2.37. The molecule has 1 aliphatic heterocycles. The average Bonchev–Trinajstić information content (AvgIpc) is 3.22. The number of alkyl halides is 2. The van der Waals surface area contributed by atoms with E-state index in [0.29, 0.717) is 42.9 Å². The summed E-state index contributed by atoms with van der Waals surface area (Å²) in [5.74, 6) is 2.23. The fourth-order valence-electron chi connectivity index (χ4n) is 5.01. The van der Waals surface area contributed by atoms with Crippen LogP contribution in [0, 0.1) is 26.7 Å². The number of nitrogens with zero attached hydrogens (tertiary/aromatic N) is 4. The van der Waals surface area contributed by atoms with Gasteiger partial charge in [0, 0.05) is 17.8 Å². The number of rotatable bonds is 11. The van der Waals surface area contributed by atoms with Crippen LogP contribution in [0.4, 0.5) is 8.78 Å². The van der Waals surface area contributed by atoms with Gasteiger partial charge < -0.3 is 19.7 Å². The summed E-state index contributed by atoms with van der Waals surface area (Å²) in [5, 5.41) is 17.1. The van der Waals surface area contributed by atoms with E-state index in [2.05, 4.69) is 10.5 Å². The lowest BCUT2D eigenvalue weighted by atomic mass is 9.90. The summed E-state index contributed by atoms with van der Waals surface area (Å²) in [6, 6.07) is 7.53. The van der Waals surface area contributed by atoms with E-state index in [9.17, 15) is 13.9 Å². The second-order valence-corrected chi connectivity index (χ2v) is 10.1. The number of piperidine rings is 1. The highest BCUT2D eigenvalue weighted by Gasteiger charge is 2.25. The van der Waals surface area contributed by atoms with Gasteiger partial charge in [-0.25, -0.2) is 18.7 Å². The van der Waals surface area contributed by atoms with Crippen LogP contribution in [-0.2, 0) is 6.42 Å². The molecule has 1 unspecified atom stereocenters. The Balaban J connectivity index is 1.64. The van der Waals surface area contributed by atoms with E-state index in [-0.39, 0.29) is 13.2 Å². The molecule has 1 atom stereocenters. The molecular formula is C28H37F2N5O3. The van der Waals surface area contributed by atoms with E-state index in [4.69, 9.17) is 19.2 Å². The van der Waals surface area contributed by atoms with Crippen LogP contribution < -0.4 is 10.1 Å². The van der Waals surface area contributed by atoms with Crippen molar-refractivity contribution in [1.82, 2.24) is 25.3 Å². The number of likely N-dealkylation sites (tertiary alicyclic amines) is 1. The van der Waals surface area contributed by atoms with Crippen molar-refractivity contribution in [3.8, 4) is 28.4 Å². The number of aliphatic hydroxyl groups is 1. The first-order valence-corrected chi connectivity index (χ1v) is 13.1. The number of likely N-dealkylation sites (N-methyl/N-ethyl adjacent to an activating group) is 1. The van der Waals surface area contributed by atoms with Crippen LogP contribution >= 0.6 is 0 Å². The molecule has 1 fully saturated rings. The van der Waals surface area contributed by atoms with Crippen molar-refractivity contribution in [2.24, 2.45) is 5.92 Å². The summed E-state index contributed by atoms with van der Waals surface area (Å²) < 4.78 is 36.9. The normalized spacial score (nSPS) is 15.8. The van der Waals surface area contributed by atoms with Gasteiger partial charge in [0.05, 0.1) is 23.5 Å². The third-order valence-corrected chi connectivity index (χ3v) is 7.08. The van der Waals surface area contributed by atoms with Crippen molar-refractivity contribution in [2.75, 3.05) is 39.8 Å². The van der Waals surface area contributed by atoms with Crippen LogP contribution in [-0.4, -0.2) is 77.5 Å². The number of aliphatic hydroxyl groups excluding tert-OH is 1. The molecule has 0 bridgehead atoms. The third kappa shape index (κ3) is 6.92. The Morgan fingerprint density at radius 3 is 2.61 bits per heavy atom. The summed E-state index contributed by atoms with van der Waals surface area (Å²) in [4.78, 5) is 11.8. The molecule has 8 nitrogen and oxygen atoms in total. The molecule has 206 valence electrons. The van der Waals surface area contributed by atoms with Crippen molar-refractivity contribution in [3.05, 3.63) is 47.0 Å². The minimum Gasteiger partial charge on any atom is -0.491 e. The van der Waals surface area contributed by atoms with Gasteiger partial charge in [-0.15, -0.1) is 0 Å². The SMILES string of the molecule is CNCC(O)COc1cccc(-c2nc(CC3CCN(CC(F)F)CC3)c(C)c(-c3c(C)noc3C)n2)c1. The molecule has 10 heteroatoms. The third-order valence-electron chi connectivity index (χ3n) is 7.08. The Bertz CT molecular complexity index is 1190. The van der Waals surface area contributed by atoms with E-state index in [0.717, 1.165) is 53.0 Å². The molecule has 0 aliphatic carbocycles. The van der Waals surface area contributed by atoms with Crippen LogP contribution in [0.2, 0.25) is 0 Å². The van der Waals surface area contributed by atoms with Crippen molar-refractivity contribution in [1.29, 1.82) is 0 Å². The maximum atomic E-state index is 12.8. The quantitative estimate of drug-likeness (QED) is 0.382. The lowest BCUT2D eigenvalue weighted by molar-refractivity contribution is 0.0689. The van der Waals surface area contributed by atoms with Crippen molar-refractivity contribution in [3.63, 3.8) is 0 Å². The highest BCUT2D eigenvalue weighted by Crippen LogP contribution is 2.33. The Labute approximate surface area is 222 Å². The number of benzene rings is 1. The molecule has 4 rings (SSSR count). The van der Waals surface area contributed by atoms with Crippen LogP contribution in [0.3, 0.4) is 0 Å². The molecule has 2 N–H and O–H groups in total. The number of hydrogen-bond acceptors (Lipinski definition) is 8. The topological polar surface area (TPSA) is 96.5 Å². The molecule has 2 aromatic heterocycles. The summed E-state index contributed by atoms with van der Waals surface area (Å²) >= 11 is 0. The first kappa shape index (κ1) is 28.1. The zero-order valence-electron chi connectivity index (χ0n) is 22.5. The molecule has 0 amide bonds. The number of hydrogen-bond donors (Lipinski definition) is 2. The van der Waals surface area contributed by atoms with E-state index >= 15 is 0 Å². The van der Waals surface area contributed by atoms with E-state index < -0.39 is 12.5 Å². The zero-order valence-corrected chi connectivity index (χ0v) is 22.5. The van der Waals surface area contributed by atoms with Crippen molar-refractivity contribution < 1.29 is 23.1 Å². The first-order chi connectivity index (χ1) is 18.2. The fourth-order valence-corrected chi connectivity index (χ4v) is 5.01. The minimum atomic E-state index is -2.30. The van der Waals surface area contributed by atoms with Crippen LogP contribution in [0.25, 0.3) is 22.6 Å². The molecule has 38 heavy (non-hydrogen) atoms. The largest absolute Gasteiger partial charge is 0.491 e. The highest BCUT2D eigenvalue weighted by atomic mass is 19.3. The minimum absolute atomic E-state index is 0.163. The number of aryl methyl sites for hydroxylation is 2. The molecule has 1 saturated heterocycles. The summed E-state index contributed by atoms with van der Waals surface area (Å²) in [7, 11) is 1.78. The standard InChI is InChI=1S/C28H37F2N5O3/c1-17-24(12-20-8-10-35(11-9-20)15-25(29)30)32-28(33-27(17)26-18(2)34-38-19(26)3)21-6-5-7-23(13-21)37-16-22(36)14-31-4/h5-7,13,20,22,25,31,36H,8-12,14-16H2,1-4H3. The molecule has 0 saturated carbocycles. The monoisotopic (exact) mass is 529 g/mol. The van der Waals surface area contributed by atoms with Crippen molar-refractivity contribution in [2.45, 2.75) is 52.6 Å². The smallest absolute Gasteiger partial charge is 0.251 e. The Morgan fingerprint density at radius 1 is 1.18 bits per heavy atom. The van der Waals surface area contributed by atoms with Gasteiger partial charge in [-0.3, -0.25) is 4.90 Å².